The molecule has 1 unspecified atom stereocenters. The van der Waals surface area contributed by atoms with Crippen molar-refractivity contribution in [2.24, 2.45) is 0 Å². The highest BCUT2D eigenvalue weighted by molar-refractivity contribution is 5.35. The van der Waals surface area contributed by atoms with Gasteiger partial charge in [0.15, 0.2) is 0 Å². The molecule has 1 N–H and O–H groups in total. The molecule has 0 bridgehead atoms. The molecule has 94 valence electrons. The first-order valence-corrected chi connectivity index (χ1v) is 6.10. The average Bonchev–Trinajstić information content (AvgIpc) is 2.89. The molecule has 1 aromatic rings. The van der Waals surface area contributed by atoms with Crippen LogP contribution < -0.4 is 5.32 Å². The summed E-state index contributed by atoms with van der Waals surface area (Å²) in [4.78, 5) is 10.1. The van der Waals surface area contributed by atoms with E-state index in [-0.39, 0.29) is 11.7 Å². The van der Waals surface area contributed by atoms with Crippen LogP contribution in [0.15, 0.2) is 24.3 Å². The third kappa shape index (κ3) is 2.84. The number of non-ortho nitro benzene ring substituents is 1. The van der Waals surface area contributed by atoms with Gasteiger partial charge in [0.2, 0.25) is 0 Å². The number of nitro groups is 1. The second-order valence-corrected chi connectivity index (χ2v) is 4.56. The normalized spacial score (nSPS) is 17.3. The summed E-state index contributed by atoms with van der Waals surface area (Å²) in [6.45, 7) is 0. The topological polar surface area (TPSA) is 79.0 Å². The Morgan fingerprint density at radius 2 is 1.94 bits per heavy atom. The van der Waals surface area contributed by atoms with E-state index in [0.717, 1.165) is 18.4 Å². The minimum atomic E-state index is -0.435. The summed E-state index contributed by atoms with van der Waals surface area (Å²) in [6.07, 6.45) is 4.61. The van der Waals surface area contributed by atoms with E-state index in [1.807, 2.05) is 0 Å². The van der Waals surface area contributed by atoms with Gasteiger partial charge in [0, 0.05) is 18.2 Å². The van der Waals surface area contributed by atoms with Gasteiger partial charge in [0.05, 0.1) is 11.0 Å². The second-order valence-electron chi connectivity index (χ2n) is 4.56. The van der Waals surface area contributed by atoms with Crippen LogP contribution in [0.5, 0.6) is 0 Å². The van der Waals surface area contributed by atoms with Crippen molar-refractivity contribution in [3.8, 4) is 6.07 Å². The van der Waals surface area contributed by atoms with Gasteiger partial charge in [-0.3, -0.25) is 15.4 Å². The summed E-state index contributed by atoms with van der Waals surface area (Å²) >= 11 is 0. The minimum absolute atomic E-state index is 0.0521. The highest BCUT2D eigenvalue weighted by atomic mass is 16.6. The largest absolute Gasteiger partial charge is 0.295 e. The monoisotopic (exact) mass is 245 g/mol. The highest BCUT2D eigenvalue weighted by Gasteiger charge is 2.20. The fourth-order valence-corrected chi connectivity index (χ4v) is 2.32. The van der Waals surface area contributed by atoms with Gasteiger partial charge >= 0.3 is 0 Å². The highest BCUT2D eigenvalue weighted by Crippen LogP contribution is 2.23. The molecule has 0 spiro atoms. The van der Waals surface area contributed by atoms with Gasteiger partial charge in [-0.2, -0.15) is 5.26 Å². The van der Waals surface area contributed by atoms with E-state index in [1.54, 1.807) is 12.1 Å². The molecule has 18 heavy (non-hydrogen) atoms. The summed E-state index contributed by atoms with van der Waals surface area (Å²) in [5, 5.41) is 23.0. The van der Waals surface area contributed by atoms with Crippen LogP contribution in [0.1, 0.15) is 37.3 Å². The van der Waals surface area contributed by atoms with Gasteiger partial charge in [-0.25, -0.2) is 0 Å². The van der Waals surface area contributed by atoms with E-state index in [4.69, 9.17) is 0 Å². The molecule has 1 aliphatic rings. The maximum atomic E-state index is 10.6. The zero-order chi connectivity index (χ0) is 13.0. The van der Waals surface area contributed by atoms with Crippen molar-refractivity contribution >= 4 is 5.69 Å². The summed E-state index contributed by atoms with van der Waals surface area (Å²) < 4.78 is 0. The molecule has 1 saturated carbocycles. The Balaban J connectivity index is 2.07. The maximum Gasteiger partial charge on any atom is 0.269 e. The lowest BCUT2D eigenvalue weighted by atomic mass is 10.1. The van der Waals surface area contributed by atoms with Crippen molar-refractivity contribution < 1.29 is 4.92 Å². The Hall–Kier alpha value is -1.93. The molecule has 0 radical (unpaired) electrons. The minimum Gasteiger partial charge on any atom is -0.295 e. The van der Waals surface area contributed by atoms with Gasteiger partial charge in [-0.05, 0) is 30.5 Å². The number of benzene rings is 1. The zero-order valence-electron chi connectivity index (χ0n) is 10.0. The first kappa shape index (κ1) is 12.5. The predicted molar refractivity (Wildman–Crippen MR) is 66.8 cm³/mol. The summed E-state index contributed by atoms with van der Waals surface area (Å²) in [5.74, 6) is 0. The van der Waals surface area contributed by atoms with Crippen molar-refractivity contribution in [2.45, 2.75) is 37.8 Å². The van der Waals surface area contributed by atoms with E-state index < -0.39 is 4.92 Å². The first-order chi connectivity index (χ1) is 8.70. The number of nitrogens with zero attached hydrogens (tertiary/aromatic N) is 2. The number of nitrogens with one attached hydrogen (secondary N) is 1. The van der Waals surface area contributed by atoms with E-state index in [2.05, 4.69) is 11.4 Å². The Bertz CT molecular complexity index is 458. The summed E-state index contributed by atoms with van der Waals surface area (Å²) in [5.41, 5.74) is 0.839. The molecular formula is C13H15N3O2. The van der Waals surface area contributed by atoms with Gasteiger partial charge in [-0.15, -0.1) is 0 Å². The molecule has 0 heterocycles. The number of nitro benzene ring substituents is 1. The van der Waals surface area contributed by atoms with Crippen LogP contribution in [-0.2, 0) is 0 Å². The van der Waals surface area contributed by atoms with Crippen molar-refractivity contribution in [3.05, 3.63) is 39.9 Å². The number of rotatable bonds is 4. The van der Waals surface area contributed by atoms with E-state index >= 15 is 0 Å². The van der Waals surface area contributed by atoms with Crippen LogP contribution in [0.3, 0.4) is 0 Å². The molecule has 1 aliphatic carbocycles. The van der Waals surface area contributed by atoms with Gasteiger partial charge < -0.3 is 0 Å². The Kier molecular flexibility index (Phi) is 3.90. The third-order valence-corrected chi connectivity index (χ3v) is 3.32. The Labute approximate surface area is 106 Å². The maximum absolute atomic E-state index is 10.6. The fraction of sp³-hybridized carbons (Fsp3) is 0.462. The summed E-state index contributed by atoms with van der Waals surface area (Å²) in [7, 11) is 0. The molecule has 0 amide bonds. The molecular weight excluding hydrogens is 230 g/mol. The third-order valence-electron chi connectivity index (χ3n) is 3.32. The number of hydrogen-bond donors (Lipinski definition) is 1. The van der Waals surface area contributed by atoms with Crippen LogP contribution in [0, 0.1) is 21.4 Å². The molecule has 0 aromatic heterocycles. The lowest BCUT2D eigenvalue weighted by Gasteiger charge is -2.17. The van der Waals surface area contributed by atoms with Crippen molar-refractivity contribution in [3.63, 3.8) is 0 Å². The van der Waals surface area contributed by atoms with Crippen molar-refractivity contribution in [2.75, 3.05) is 0 Å². The van der Waals surface area contributed by atoms with Crippen LogP contribution in [0.25, 0.3) is 0 Å². The molecule has 2 rings (SSSR count). The first-order valence-electron chi connectivity index (χ1n) is 6.10. The molecule has 5 nitrogen and oxygen atoms in total. The predicted octanol–water partition coefficient (Wildman–Crippen LogP) is 2.69. The van der Waals surface area contributed by atoms with Crippen LogP contribution >= 0.6 is 0 Å². The lowest BCUT2D eigenvalue weighted by molar-refractivity contribution is -0.384. The zero-order valence-corrected chi connectivity index (χ0v) is 10.0. The van der Waals surface area contributed by atoms with E-state index in [0.29, 0.717) is 6.04 Å². The Morgan fingerprint density at radius 3 is 2.44 bits per heavy atom. The van der Waals surface area contributed by atoms with Crippen LogP contribution in [0.2, 0.25) is 0 Å². The molecule has 1 atom stereocenters. The van der Waals surface area contributed by atoms with E-state index in [1.165, 1.54) is 25.0 Å². The molecule has 0 aliphatic heterocycles. The smallest absolute Gasteiger partial charge is 0.269 e. The SMILES string of the molecule is N#CC(NC1CCCC1)c1ccc([N+](=O)[O-])cc1. The van der Waals surface area contributed by atoms with E-state index in [9.17, 15) is 15.4 Å². The lowest BCUT2D eigenvalue weighted by Crippen LogP contribution is -2.29. The van der Waals surface area contributed by atoms with Crippen LogP contribution in [-0.4, -0.2) is 11.0 Å². The van der Waals surface area contributed by atoms with Gasteiger partial charge in [0.1, 0.15) is 6.04 Å². The Morgan fingerprint density at radius 1 is 1.33 bits per heavy atom. The van der Waals surface area contributed by atoms with Crippen molar-refractivity contribution in [1.82, 2.24) is 5.32 Å². The molecule has 5 heteroatoms. The van der Waals surface area contributed by atoms with Crippen LogP contribution in [0.4, 0.5) is 5.69 Å². The molecule has 1 aromatic carbocycles. The van der Waals surface area contributed by atoms with Gasteiger partial charge in [0.25, 0.3) is 5.69 Å². The van der Waals surface area contributed by atoms with Crippen molar-refractivity contribution in [1.29, 1.82) is 5.26 Å². The quantitative estimate of drug-likeness (QED) is 0.653. The summed E-state index contributed by atoms with van der Waals surface area (Å²) in [6, 6.07) is 8.40. The average molecular weight is 245 g/mol. The standard InChI is InChI=1S/C13H15N3O2/c14-9-13(15-11-3-1-2-4-11)10-5-7-12(8-6-10)16(17)18/h5-8,11,13,15H,1-4H2. The molecule has 1 fully saturated rings. The second kappa shape index (κ2) is 5.61. The number of hydrogen-bond acceptors (Lipinski definition) is 4. The molecule has 0 saturated heterocycles. The van der Waals surface area contributed by atoms with Gasteiger partial charge in [-0.1, -0.05) is 12.8 Å². The fourth-order valence-electron chi connectivity index (χ4n) is 2.32. The number of nitriles is 1.